The molecule has 0 aromatic heterocycles. The van der Waals surface area contributed by atoms with Crippen LogP contribution in [-0.2, 0) is 6.42 Å². The lowest BCUT2D eigenvalue weighted by molar-refractivity contribution is 0.0980. The van der Waals surface area contributed by atoms with Gasteiger partial charge in [-0.3, -0.25) is 4.79 Å². The minimum atomic E-state index is 0.0925. The van der Waals surface area contributed by atoms with Crippen molar-refractivity contribution < 1.29 is 4.79 Å². The molecule has 1 heterocycles. The van der Waals surface area contributed by atoms with E-state index in [0.29, 0.717) is 0 Å². The third-order valence-electron chi connectivity index (χ3n) is 3.22. The van der Waals surface area contributed by atoms with Crippen LogP contribution in [0, 0.1) is 0 Å². The van der Waals surface area contributed by atoms with E-state index in [-0.39, 0.29) is 5.91 Å². The third kappa shape index (κ3) is 1.95. The smallest absolute Gasteiger partial charge is 0.258 e. The minimum absolute atomic E-state index is 0.0925. The number of benzene rings is 2. The molecule has 0 radical (unpaired) electrons. The Morgan fingerprint density at radius 1 is 1.06 bits per heavy atom. The number of anilines is 1. The van der Waals surface area contributed by atoms with E-state index in [1.165, 1.54) is 0 Å². The molecule has 90 valence electrons. The molecule has 0 bridgehead atoms. The highest BCUT2D eigenvalue weighted by molar-refractivity contribution is 9.10. The molecule has 0 spiro atoms. The van der Waals surface area contributed by atoms with Gasteiger partial charge in [0.2, 0.25) is 0 Å². The Labute approximate surface area is 114 Å². The summed E-state index contributed by atoms with van der Waals surface area (Å²) >= 11 is 3.45. The summed E-state index contributed by atoms with van der Waals surface area (Å²) < 4.78 is 1.03. The molecule has 1 aliphatic heterocycles. The van der Waals surface area contributed by atoms with Gasteiger partial charge in [0, 0.05) is 22.3 Å². The molecule has 2 nitrogen and oxygen atoms in total. The van der Waals surface area contributed by atoms with Gasteiger partial charge >= 0.3 is 0 Å². The van der Waals surface area contributed by atoms with Gasteiger partial charge < -0.3 is 4.90 Å². The predicted molar refractivity (Wildman–Crippen MR) is 76.0 cm³/mol. The topological polar surface area (TPSA) is 20.3 Å². The highest BCUT2D eigenvalue weighted by Gasteiger charge is 2.25. The molecular formula is C15H12BrNO. The van der Waals surface area contributed by atoms with Gasteiger partial charge in [0.1, 0.15) is 0 Å². The summed E-state index contributed by atoms with van der Waals surface area (Å²) in [6, 6.07) is 15.7. The van der Waals surface area contributed by atoms with Crippen LogP contribution in [0.5, 0.6) is 0 Å². The van der Waals surface area contributed by atoms with Crippen molar-refractivity contribution in [2.75, 3.05) is 11.4 Å². The number of fused-ring (bicyclic) bond motifs is 1. The van der Waals surface area contributed by atoms with Gasteiger partial charge in [-0.1, -0.05) is 34.1 Å². The van der Waals surface area contributed by atoms with Gasteiger partial charge in [-0.2, -0.15) is 0 Å². The lowest BCUT2D eigenvalue weighted by Crippen LogP contribution is -2.37. The molecule has 18 heavy (non-hydrogen) atoms. The van der Waals surface area contributed by atoms with E-state index in [1.807, 2.05) is 53.4 Å². The number of halogens is 1. The molecule has 3 heteroatoms. The SMILES string of the molecule is O=C1c2ccc(Br)cc2CCN1c1ccccc1. The quantitative estimate of drug-likeness (QED) is 0.787. The van der Waals surface area contributed by atoms with Crippen molar-refractivity contribution in [3.63, 3.8) is 0 Å². The zero-order valence-corrected chi connectivity index (χ0v) is 11.4. The van der Waals surface area contributed by atoms with Crippen LogP contribution in [0.2, 0.25) is 0 Å². The summed E-state index contributed by atoms with van der Waals surface area (Å²) in [7, 11) is 0. The molecule has 0 atom stereocenters. The summed E-state index contributed by atoms with van der Waals surface area (Å²) in [6.07, 6.45) is 0.898. The van der Waals surface area contributed by atoms with Crippen LogP contribution >= 0.6 is 15.9 Å². The van der Waals surface area contributed by atoms with Crippen molar-refractivity contribution in [3.8, 4) is 0 Å². The Bertz CT molecular complexity index is 595. The summed E-state index contributed by atoms with van der Waals surface area (Å²) in [4.78, 5) is 14.3. The van der Waals surface area contributed by atoms with Crippen LogP contribution < -0.4 is 4.90 Å². The molecule has 1 aliphatic rings. The Morgan fingerprint density at radius 2 is 1.83 bits per heavy atom. The van der Waals surface area contributed by atoms with Crippen molar-refractivity contribution in [1.82, 2.24) is 0 Å². The van der Waals surface area contributed by atoms with Gasteiger partial charge in [-0.15, -0.1) is 0 Å². The van der Waals surface area contributed by atoms with Crippen LogP contribution in [0.4, 0.5) is 5.69 Å². The summed E-state index contributed by atoms with van der Waals surface area (Å²) in [5.41, 5.74) is 2.91. The van der Waals surface area contributed by atoms with E-state index in [4.69, 9.17) is 0 Å². The second-order valence-electron chi connectivity index (χ2n) is 4.34. The number of amides is 1. The fourth-order valence-corrected chi connectivity index (χ4v) is 2.72. The average molecular weight is 302 g/mol. The Morgan fingerprint density at radius 3 is 2.61 bits per heavy atom. The maximum atomic E-state index is 12.4. The monoisotopic (exact) mass is 301 g/mol. The highest BCUT2D eigenvalue weighted by Crippen LogP contribution is 2.26. The van der Waals surface area contributed by atoms with Gasteiger partial charge in [0.05, 0.1) is 0 Å². The largest absolute Gasteiger partial charge is 0.308 e. The second-order valence-corrected chi connectivity index (χ2v) is 5.26. The Balaban J connectivity index is 2.00. The van der Waals surface area contributed by atoms with Crippen molar-refractivity contribution >= 4 is 27.5 Å². The Hall–Kier alpha value is -1.61. The molecule has 2 aromatic rings. The maximum Gasteiger partial charge on any atom is 0.258 e. The number of carbonyl (C=O) groups excluding carboxylic acids is 1. The van der Waals surface area contributed by atoms with E-state index in [9.17, 15) is 4.79 Å². The van der Waals surface area contributed by atoms with Gasteiger partial charge in [0.15, 0.2) is 0 Å². The minimum Gasteiger partial charge on any atom is -0.308 e. The number of hydrogen-bond acceptors (Lipinski definition) is 1. The molecule has 0 saturated carbocycles. The maximum absolute atomic E-state index is 12.4. The van der Waals surface area contributed by atoms with Crippen LogP contribution in [0.25, 0.3) is 0 Å². The van der Waals surface area contributed by atoms with E-state index in [1.54, 1.807) is 0 Å². The molecular weight excluding hydrogens is 290 g/mol. The second kappa shape index (κ2) is 4.58. The fraction of sp³-hybridized carbons (Fsp3) is 0.133. The standard InChI is InChI=1S/C15H12BrNO/c16-12-6-7-14-11(10-12)8-9-17(15(14)18)13-4-2-1-3-5-13/h1-7,10H,8-9H2. The van der Waals surface area contributed by atoms with Crippen molar-refractivity contribution in [2.45, 2.75) is 6.42 Å². The first-order chi connectivity index (χ1) is 8.75. The molecule has 0 saturated heterocycles. The van der Waals surface area contributed by atoms with Crippen LogP contribution in [0.1, 0.15) is 15.9 Å². The van der Waals surface area contributed by atoms with E-state index in [2.05, 4.69) is 15.9 Å². The molecule has 2 aromatic carbocycles. The average Bonchev–Trinajstić information content (AvgIpc) is 2.40. The molecule has 1 amide bonds. The summed E-state index contributed by atoms with van der Waals surface area (Å²) in [5.74, 6) is 0.0925. The zero-order chi connectivity index (χ0) is 12.5. The lowest BCUT2D eigenvalue weighted by Gasteiger charge is -2.28. The fourth-order valence-electron chi connectivity index (χ4n) is 2.31. The van der Waals surface area contributed by atoms with E-state index in [0.717, 1.165) is 34.3 Å². The number of carbonyl (C=O) groups is 1. The van der Waals surface area contributed by atoms with Gasteiger partial charge in [-0.05, 0) is 42.3 Å². The molecule has 0 aliphatic carbocycles. The zero-order valence-electron chi connectivity index (χ0n) is 9.77. The van der Waals surface area contributed by atoms with Crippen LogP contribution in [-0.4, -0.2) is 12.5 Å². The first kappa shape index (κ1) is 11.5. The van der Waals surface area contributed by atoms with Crippen molar-refractivity contribution in [2.24, 2.45) is 0 Å². The highest BCUT2D eigenvalue weighted by atomic mass is 79.9. The molecule has 3 rings (SSSR count). The summed E-state index contributed by atoms with van der Waals surface area (Å²) in [5, 5.41) is 0. The Kier molecular flexibility index (Phi) is 2.92. The normalized spacial score (nSPS) is 14.5. The van der Waals surface area contributed by atoms with Crippen molar-refractivity contribution in [3.05, 3.63) is 64.1 Å². The molecule has 0 unspecified atom stereocenters. The van der Waals surface area contributed by atoms with Crippen molar-refractivity contribution in [1.29, 1.82) is 0 Å². The predicted octanol–water partition coefficient (Wildman–Crippen LogP) is 3.65. The first-order valence-electron chi connectivity index (χ1n) is 5.91. The summed E-state index contributed by atoms with van der Waals surface area (Å²) in [6.45, 7) is 0.742. The van der Waals surface area contributed by atoms with E-state index < -0.39 is 0 Å². The van der Waals surface area contributed by atoms with Crippen LogP contribution in [0.3, 0.4) is 0 Å². The van der Waals surface area contributed by atoms with Gasteiger partial charge in [-0.25, -0.2) is 0 Å². The molecule has 0 fully saturated rings. The van der Waals surface area contributed by atoms with E-state index >= 15 is 0 Å². The van der Waals surface area contributed by atoms with Crippen LogP contribution in [0.15, 0.2) is 53.0 Å². The number of hydrogen-bond donors (Lipinski definition) is 0. The molecule has 0 N–H and O–H groups in total. The lowest BCUT2D eigenvalue weighted by atomic mass is 9.98. The number of nitrogens with zero attached hydrogens (tertiary/aromatic N) is 1. The number of rotatable bonds is 1. The first-order valence-corrected chi connectivity index (χ1v) is 6.70. The third-order valence-corrected chi connectivity index (χ3v) is 3.71. The van der Waals surface area contributed by atoms with Gasteiger partial charge in [0.25, 0.3) is 5.91 Å². The number of para-hydroxylation sites is 1.